The van der Waals surface area contributed by atoms with Gasteiger partial charge in [-0.1, -0.05) is 92.9 Å². The zero-order valence-corrected chi connectivity index (χ0v) is 32.6. The van der Waals surface area contributed by atoms with Gasteiger partial charge >= 0.3 is 0 Å². The molecule has 0 aliphatic carbocycles. The second kappa shape index (κ2) is 17.4. The molecular weight excluding hydrogens is 716 g/mol. The van der Waals surface area contributed by atoms with Gasteiger partial charge in [-0.25, -0.2) is 0 Å². The summed E-state index contributed by atoms with van der Waals surface area (Å²) in [5.74, 6) is 1.29. The fraction of sp³-hybridized carbons (Fsp3) is 0.556. The van der Waals surface area contributed by atoms with Gasteiger partial charge in [0.2, 0.25) is 0 Å². The third-order valence-electron chi connectivity index (χ3n) is 8.77. The van der Waals surface area contributed by atoms with Gasteiger partial charge in [0.05, 0.1) is 29.7 Å². The van der Waals surface area contributed by atoms with Crippen LogP contribution < -0.4 is 11.1 Å². The van der Waals surface area contributed by atoms with E-state index in [9.17, 15) is 9.59 Å². The second-order valence-corrected chi connectivity index (χ2v) is 16.4. The van der Waals surface area contributed by atoms with Crippen LogP contribution in [0.2, 0.25) is 0 Å². The van der Waals surface area contributed by atoms with Crippen LogP contribution in [-0.2, 0) is 26.9 Å². The SMILES string of the molecule is CC.CCCCC(CC)Cc1cc(-c2cc3c(cc(-c4cc(CC(CC)CCCC)c(Br)s4)c(=O)n3C)n(C)c2=O)sc1Br. The Balaban J connectivity index is 0.00000259. The maximum Gasteiger partial charge on any atom is 0.259 e. The molecule has 44 heavy (non-hydrogen) atoms. The topological polar surface area (TPSA) is 44.0 Å². The van der Waals surface area contributed by atoms with Gasteiger partial charge in [-0.2, -0.15) is 0 Å². The molecule has 0 aromatic carbocycles. The zero-order valence-electron chi connectivity index (χ0n) is 27.8. The first-order valence-corrected chi connectivity index (χ1v) is 19.7. The lowest BCUT2D eigenvalue weighted by Crippen LogP contribution is -2.24. The molecule has 8 heteroatoms. The molecule has 0 N–H and O–H groups in total. The van der Waals surface area contributed by atoms with Crippen LogP contribution in [0.25, 0.3) is 31.9 Å². The van der Waals surface area contributed by atoms with E-state index in [0.717, 1.165) is 54.0 Å². The summed E-state index contributed by atoms with van der Waals surface area (Å²) in [6.45, 7) is 13.0. The van der Waals surface area contributed by atoms with Crippen LogP contribution in [0, 0.1) is 11.8 Å². The van der Waals surface area contributed by atoms with E-state index in [1.165, 1.54) is 49.7 Å². The summed E-state index contributed by atoms with van der Waals surface area (Å²) < 4.78 is 5.60. The Bertz CT molecular complexity index is 1530. The van der Waals surface area contributed by atoms with Crippen molar-refractivity contribution in [1.29, 1.82) is 0 Å². The van der Waals surface area contributed by atoms with Gasteiger partial charge in [-0.15, -0.1) is 22.7 Å². The number of pyridine rings is 2. The van der Waals surface area contributed by atoms with E-state index in [1.807, 2.05) is 40.1 Å². The van der Waals surface area contributed by atoms with Crippen LogP contribution in [0.1, 0.15) is 104 Å². The van der Waals surface area contributed by atoms with Crippen molar-refractivity contribution in [1.82, 2.24) is 9.13 Å². The fourth-order valence-corrected chi connectivity index (χ4v) is 9.33. The molecule has 4 rings (SSSR count). The lowest BCUT2D eigenvalue weighted by Gasteiger charge is -2.14. The van der Waals surface area contributed by atoms with Crippen molar-refractivity contribution in [2.24, 2.45) is 25.9 Å². The molecule has 242 valence electrons. The van der Waals surface area contributed by atoms with E-state index >= 15 is 0 Å². The Morgan fingerprint density at radius 3 is 1.34 bits per heavy atom. The van der Waals surface area contributed by atoms with Gasteiger partial charge in [0, 0.05) is 23.8 Å². The van der Waals surface area contributed by atoms with Crippen molar-refractivity contribution in [3.8, 4) is 20.9 Å². The highest BCUT2D eigenvalue weighted by molar-refractivity contribution is 9.11. The minimum Gasteiger partial charge on any atom is -0.309 e. The van der Waals surface area contributed by atoms with Crippen molar-refractivity contribution >= 4 is 65.6 Å². The van der Waals surface area contributed by atoms with Crippen molar-refractivity contribution in [2.45, 2.75) is 106 Å². The van der Waals surface area contributed by atoms with Gasteiger partial charge in [0.1, 0.15) is 0 Å². The maximum atomic E-state index is 13.7. The van der Waals surface area contributed by atoms with E-state index in [4.69, 9.17) is 0 Å². The highest BCUT2D eigenvalue weighted by Gasteiger charge is 2.21. The molecule has 0 aliphatic rings. The Morgan fingerprint density at radius 2 is 1.02 bits per heavy atom. The average Bonchev–Trinajstić information content (AvgIpc) is 3.58. The van der Waals surface area contributed by atoms with Crippen LogP contribution in [0.3, 0.4) is 0 Å². The number of nitrogens with zero attached hydrogens (tertiary/aromatic N) is 2. The summed E-state index contributed by atoms with van der Waals surface area (Å²) in [5.41, 5.74) is 5.27. The minimum atomic E-state index is -0.0415. The largest absolute Gasteiger partial charge is 0.309 e. The smallest absolute Gasteiger partial charge is 0.259 e. The lowest BCUT2D eigenvalue weighted by atomic mass is 9.93. The van der Waals surface area contributed by atoms with Crippen molar-refractivity contribution in [3.05, 3.63) is 63.7 Å². The van der Waals surface area contributed by atoms with E-state index in [2.05, 4.69) is 71.7 Å². The first kappa shape index (κ1) is 37.0. The number of aromatic nitrogens is 2. The molecule has 0 fully saturated rings. The Labute approximate surface area is 289 Å². The second-order valence-electron chi connectivity index (χ2n) is 11.7. The van der Waals surface area contributed by atoms with Crippen LogP contribution >= 0.6 is 54.5 Å². The molecule has 4 nitrogen and oxygen atoms in total. The Kier molecular flexibility index (Phi) is 14.7. The number of unbranched alkanes of at least 4 members (excludes halogenated alkanes) is 2. The first-order chi connectivity index (χ1) is 21.1. The molecule has 0 bridgehead atoms. The highest BCUT2D eigenvalue weighted by Crippen LogP contribution is 2.39. The number of hydrogen-bond donors (Lipinski definition) is 0. The summed E-state index contributed by atoms with van der Waals surface area (Å²) in [6.07, 6.45) is 11.7. The molecular formula is C36H50Br2N2O2S2. The summed E-state index contributed by atoms with van der Waals surface area (Å²) in [5, 5.41) is 0. The summed E-state index contributed by atoms with van der Waals surface area (Å²) in [7, 11) is 3.64. The number of aryl methyl sites for hydroxylation is 2. The standard InChI is InChI=1S/C34H44Br2N2O2S2.C2H6/c1-7-11-13-21(9-3)15-23-17-29(41-31(23)35)25-19-27-28(37(5)33(25)39)20-26(34(40)38(27)6)30-18-24(32(36)42-30)16-22(10-4)14-12-8-2;1-2/h17-22H,7-16H2,1-6H3;1-2H3. The van der Waals surface area contributed by atoms with Crippen molar-refractivity contribution < 1.29 is 0 Å². The number of fused-ring (bicyclic) bond motifs is 1. The third kappa shape index (κ3) is 8.45. The number of hydrogen-bond acceptors (Lipinski definition) is 4. The number of thiophene rings is 2. The van der Waals surface area contributed by atoms with Crippen LogP contribution in [0.4, 0.5) is 0 Å². The molecule has 0 radical (unpaired) electrons. The zero-order chi connectivity index (χ0) is 32.6. The minimum absolute atomic E-state index is 0.0415. The van der Waals surface area contributed by atoms with Crippen LogP contribution in [0.15, 0.2) is 41.4 Å². The molecule has 4 aromatic heterocycles. The van der Waals surface area contributed by atoms with Gasteiger partial charge in [-0.3, -0.25) is 9.59 Å². The van der Waals surface area contributed by atoms with E-state index in [0.29, 0.717) is 23.0 Å². The number of halogens is 2. The average molecular weight is 767 g/mol. The van der Waals surface area contributed by atoms with Crippen LogP contribution in [0.5, 0.6) is 0 Å². The highest BCUT2D eigenvalue weighted by atomic mass is 79.9. The molecule has 0 amide bonds. The number of rotatable bonds is 14. The first-order valence-electron chi connectivity index (χ1n) is 16.4. The van der Waals surface area contributed by atoms with Gasteiger partial charge in [-0.05, 0) is 91.9 Å². The van der Waals surface area contributed by atoms with E-state index in [-0.39, 0.29) is 11.1 Å². The molecule has 4 aromatic rings. The van der Waals surface area contributed by atoms with Crippen molar-refractivity contribution in [3.63, 3.8) is 0 Å². The van der Waals surface area contributed by atoms with Gasteiger partial charge in [0.25, 0.3) is 11.1 Å². The predicted molar refractivity (Wildman–Crippen MR) is 202 cm³/mol. The molecule has 0 saturated heterocycles. The molecule has 0 saturated carbocycles. The quantitative estimate of drug-likeness (QED) is 0.128. The third-order valence-corrected chi connectivity index (χ3v) is 12.8. The molecule has 2 atom stereocenters. The Hall–Kier alpha value is -1.48. The van der Waals surface area contributed by atoms with Crippen molar-refractivity contribution in [2.75, 3.05) is 0 Å². The monoisotopic (exact) mass is 764 g/mol. The summed E-state index contributed by atoms with van der Waals surface area (Å²) in [6, 6.07) is 8.17. The van der Waals surface area contributed by atoms with Crippen LogP contribution in [-0.4, -0.2) is 9.13 Å². The molecule has 2 unspecified atom stereocenters. The van der Waals surface area contributed by atoms with E-state index in [1.54, 1.807) is 31.8 Å². The molecule has 0 spiro atoms. The maximum absolute atomic E-state index is 13.7. The fourth-order valence-electron chi connectivity index (χ4n) is 5.88. The summed E-state index contributed by atoms with van der Waals surface area (Å²) >= 11 is 10.8. The normalized spacial score (nSPS) is 12.8. The van der Waals surface area contributed by atoms with Gasteiger partial charge in [0.15, 0.2) is 0 Å². The van der Waals surface area contributed by atoms with E-state index < -0.39 is 0 Å². The van der Waals surface area contributed by atoms with Gasteiger partial charge < -0.3 is 9.13 Å². The molecule has 4 heterocycles. The predicted octanol–water partition coefficient (Wildman–Crippen LogP) is 11.8. The summed E-state index contributed by atoms with van der Waals surface area (Å²) in [4.78, 5) is 29.3. The Morgan fingerprint density at radius 1 is 0.659 bits per heavy atom. The molecule has 0 aliphatic heterocycles. The lowest BCUT2D eigenvalue weighted by molar-refractivity contribution is 0.449.